The van der Waals surface area contributed by atoms with Gasteiger partial charge in [-0.3, -0.25) is 5.84 Å². The third-order valence-electron chi connectivity index (χ3n) is 6.75. The van der Waals surface area contributed by atoms with Gasteiger partial charge in [-0.25, -0.2) is 5.01 Å². The molecule has 3 heteroatoms. The lowest BCUT2D eigenvalue weighted by Gasteiger charge is -2.62. The molecule has 4 atom stereocenters. The number of benzene rings is 1. The van der Waals surface area contributed by atoms with Crippen LogP contribution in [-0.4, -0.2) is 22.7 Å². The van der Waals surface area contributed by atoms with Crippen LogP contribution in [0.1, 0.15) is 36.0 Å². The first-order chi connectivity index (χ1) is 10.1. The van der Waals surface area contributed by atoms with Gasteiger partial charge in [0.15, 0.2) is 0 Å². The molecule has 3 nitrogen and oxygen atoms in total. The molecule has 0 aromatic heterocycles. The van der Waals surface area contributed by atoms with Crippen LogP contribution in [0.4, 0.5) is 0 Å². The van der Waals surface area contributed by atoms with Crippen LogP contribution in [0, 0.1) is 18.3 Å². The second-order valence-corrected chi connectivity index (χ2v) is 7.69. The van der Waals surface area contributed by atoms with Crippen molar-refractivity contribution in [2.24, 2.45) is 17.2 Å². The Kier molecular flexibility index (Phi) is 2.06. The van der Waals surface area contributed by atoms with E-state index in [0.717, 1.165) is 37.8 Å². The zero-order valence-electron chi connectivity index (χ0n) is 12.5. The molecule has 1 aromatic rings. The number of hydrogen-bond donors (Lipinski definition) is 2. The van der Waals surface area contributed by atoms with Crippen molar-refractivity contribution in [3.05, 3.63) is 41.0 Å². The highest BCUT2D eigenvalue weighted by Gasteiger charge is 2.71. The van der Waals surface area contributed by atoms with Crippen molar-refractivity contribution < 1.29 is 5.11 Å². The molecule has 5 rings (SSSR count). The summed E-state index contributed by atoms with van der Waals surface area (Å²) in [7, 11) is 0. The van der Waals surface area contributed by atoms with Gasteiger partial charge in [0.1, 0.15) is 5.75 Å². The molecule has 0 radical (unpaired) electrons. The van der Waals surface area contributed by atoms with Gasteiger partial charge in [-0.2, -0.15) is 0 Å². The van der Waals surface area contributed by atoms with Crippen molar-refractivity contribution in [1.82, 2.24) is 5.01 Å². The molecule has 1 aliphatic heterocycles. The second kappa shape index (κ2) is 3.53. The average Bonchev–Trinajstić information content (AvgIpc) is 2.59. The molecular formula is C18H22N2O. The monoisotopic (exact) mass is 282 g/mol. The summed E-state index contributed by atoms with van der Waals surface area (Å²) in [6.07, 6.45) is 9.24. The van der Waals surface area contributed by atoms with Gasteiger partial charge in [-0.15, -0.1) is 0 Å². The van der Waals surface area contributed by atoms with Gasteiger partial charge in [0, 0.05) is 29.0 Å². The third-order valence-corrected chi connectivity index (χ3v) is 6.75. The van der Waals surface area contributed by atoms with Crippen LogP contribution in [0.15, 0.2) is 24.3 Å². The Bertz CT molecular complexity index is 682. The average molecular weight is 282 g/mol. The number of fused-ring (bicyclic) bond motifs is 1. The summed E-state index contributed by atoms with van der Waals surface area (Å²) in [5.41, 5.74) is 4.03. The van der Waals surface area contributed by atoms with E-state index in [4.69, 9.17) is 5.84 Å². The maximum Gasteiger partial charge on any atom is 0.122 e. The smallest absolute Gasteiger partial charge is 0.122 e. The Morgan fingerprint density at radius 3 is 3.10 bits per heavy atom. The lowest BCUT2D eigenvalue weighted by Crippen LogP contribution is -2.62. The van der Waals surface area contributed by atoms with E-state index in [1.165, 1.54) is 11.1 Å². The Hall–Kier alpha value is -1.32. The Morgan fingerprint density at radius 1 is 1.38 bits per heavy atom. The van der Waals surface area contributed by atoms with Crippen LogP contribution in [0.2, 0.25) is 0 Å². The molecule has 2 fully saturated rings. The minimum absolute atomic E-state index is 0.159. The lowest BCUT2D eigenvalue weighted by molar-refractivity contribution is -0.0215. The van der Waals surface area contributed by atoms with Gasteiger partial charge in [0.25, 0.3) is 0 Å². The number of aromatic hydroxyl groups is 1. The van der Waals surface area contributed by atoms with Gasteiger partial charge in [-0.1, -0.05) is 24.3 Å². The van der Waals surface area contributed by atoms with Crippen molar-refractivity contribution >= 4 is 0 Å². The van der Waals surface area contributed by atoms with E-state index >= 15 is 0 Å². The fourth-order valence-electron chi connectivity index (χ4n) is 6.19. The predicted octanol–water partition coefficient (Wildman–Crippen LogP) is 2.41. The molecule has 3 N–H and O–H groups in total. The zero-order chi connectivity index (χ0) is 14.4. The van der Waals surface area contributed by atoms with Gasteiger partial charge in [0.05, 0.1) is 0 Å². The van der Waals surface area contributed by atoms with Crippen LogP contribution in [0.25, 0.3) is 0 Å². The van der Waals surface area contributed by atoms with Gasteiger partial charge < -0.3 is 5.11 Å². The van der Waals surface area contributed by atoms with Crippen LogP contribution < -0.4 is 5.84 Å². The van der Waals surface area contributed by atoms with Crippen molar-refractivity contribution in [2.45, 2.75) is 44.1 Å². The van der Waals surface area contributed by atoms with Crippen LogP contribution >= 0.6 is 0 Å². The fraction of sp³-hybridized carbons (Fsp3) is 0.556. The van der Waals surface area contributed by atoms with E-state index < -0.39 is 0 Å². The number of phenolic OH excluding ortho intramolecular Hbond substituents is 1. The fourth-order valence-corrected chi connectivity index (χ4v) is 6.19. The van der Waals surface area contributed by atoms with Crippen molar-refractivity contribution in [3.8, 4) is 5.75 Å². The Balaban J connectivity index is 1.79. The SMILES string of the molecule is Cc1ccc2c(c1O)[C@@]13CCC=C[C@]4(CN(N)[C@H](C2)[C@H]41)C3. The number of nitrogens with zero attached hydrogens (tertiary/aromatic N) is 1. The first-order valence-electron chi connectivity index (χ1n) is 8.08. The number of nitrogens with two attached hydrogens (primary N) is 1. The highest BCUT2D eigenvalue weighted by atomic mass is 16.3. The number of phenols is 1. The third kappa shape index (κ3) is 1.20. The van der Waals surface area contributed by atoms with Crippen molar-refractivity contribution in [2.75, 3.05) is 6.54 Å². The maximum absolute atomic E-state index is 10.8. The quantitative estimate of drug-likeness (QED) is 0.567. The molecule has 3 aliphatic carbocycles. The van der Waals surface area contributed by atoms with Crippen LogP contribution in [0.3, 0.4) is 0 Å². The van der Waals surface area contributed by atoms with Crippen LogP contribution in [0.5, 0.6) is 5.75 Å². The number of allylic oxidation sites excluding steroid dienone is 1. The van der Waals surface area contributed by atoms with Gasteiger partial charge in [-0.05, 0) is 49.7 Å². The topological polar surface area (TPSA) is 49.5 Å². The summed E-state index contributed by atoms with van der Waals surface area (Å²) in [6.45, 7) is 3.00. The second-order valence-electron chi connectivity index (χ2n) is 7.69. The molecule has 0 spiro atoms. The molecule has 0 amide bonds. The van der Waals surface area contributed by atoms with E-state index in [0.29, 0.717) is 17.7 Å². The highest BCUT2D eigenvalue weighted by Crippen LogP contribution is 2.72. The minimum Gasteiger partial charge on any atom is -0.507 e. The Morgan fingerprint density at radius 2 is 2.24 bits per heavy atom. The van der Waals surface area contributed by atoms with Crippen molar-refractivity contribution in [1.29, 1.82) is 0 Å². The van der Waals surface area contributed by atoms with E-state index in [1.807, 2.05) is 6.92 Å². The van der Waals surface area contributed by atoms with Gasteiger partial charge in [0.2, 0.25) is 0 Å². The number of rotatable bonds is 0. The maximum atomic E-state index is 10.8. The predicted molar refractivity (Wildman–Crippen MR) is 81.8 cm³/mol. The molecule has 1 heterocycles. The molecule has 1 aromatic carbocycles. The first kappa shape index (κ1) is 12.2. The molecular weight excluding hydrogens is 260 g/mol. The molecule has 2 bridgehead atoms. The summed E-state index contributed by atoms with van der Waals surface area (Å²) in [5.74, 6) is 7.51. The number of hydrogen-bond acceptors (Lipinski definition) is 3. The van der Waals surface area contributed by atoms with E-state index in [-0.39, 0.29) is 10.8 Å². The van der Waals surface area contributed by atoms with Crippen molar-refractivity contribution in [3.63, 3.8) is 0 Å². The summed E-state index contributed by atoms with van der Waals surface area (Å²) in [5, 5.41) is 12.8. The molecule has 1 saturated carbocycles. The standard InChI is InChI=1S/C18H22N2O/c1-11-4-5-12-8-13-16-17(10-20(13)19)6-2-3-7-18(16,9-17)14(12)15(11)21/h2,4-6,13,16,21H,3,7-10,19H2,1H3/t13-,16-,17-,18+/m1/s1. The first-order valence-corrected chi connectivity index (χ1v) is 8.08. The molecule has 1 saturated heterocycles. The molecule has 21 heavy (non-hydrogen) atoms. The van der Waals surface area contributed by atoms with Gasteiger partial charge >= 0.3 is 0 Å². The zero-order valence-corrected chi connectivity index (χ0v) is 12.5. The van der Waals surface area contributed by atoms with E-state index in [9.17, 15) is 5.11 Å². The minimum atomic E-state index is 0.159. The number of hydrazine groups is 1. The Labute approximate surface area is 125 Å². The summed E-state index contributed by atoms with van der Waals surface area (Å²) in [4.78, 5) is 0. The van der Waals surface area contributed by atoms with E-state index in [2.05, 4.69) is 29.3 Å². The molecule has 4 aliphatic rings. The summed E-state index contributed by atoms with van der Waals surface area (Å²) in [6, 6.07) is 4.72. The number of aryl methyl sites for hydroxylation is 1. The normalized spacial score (nSPS) is 43.0. The highest BCUT2D eigenvalue weighted by molar-refractivity contribution is 5.56. The van der Waals surface area contributed by atoms with E-state index in [1.54, 1.807) is 0 Å². The molecule has 0 unspecified atom stereocenters. The molecule has 110 valence electrons. The largest absolute Gasteiger partial charge is 0.507 e. The van der Waals surface area contributed by atoms with Crippen LogP contribution in [-0.2, 0) is 11.8 Å². The summed E-state index contributed by atoms with van der Waals surface area (Å²) < 4.78 is 0. The lowest BCUT2D eigenvalue weighted by atomic mass is 9.40. The summed E-state index contributed by atoms with van der Waals surface area (Å²) >= 11 is 0.